The van der Waals surface area contributed by atoms with E-state index in [2.05, 4.69) is 20.6 Å². The first-order chi connectivity index (χ1) is 8.85. The van der Waals surface area contributed by atoms with Crippen LogP contribution in [-0.4, -0.2) is 56.3 Å². The summed E-state index contributed by atoms with van der Waals surface area (Å²) in [6.07, 6.45) is 4.71. The third-order valence-electron chi connectivity index (χ3n) is 3.84. The molecule has 0 saturated carbocycles. The number of aliphatic imine (C=N–C) groups is 1. The topological polar surface area (TPSA) is 74.9 Å². The van der Waals surface area contributed by atoms with Crippen LogP contribution >= 0.6 is 0 Å². The molecule has 2 saturated heterocycles. The second-order valence-electron chi connectivity index (χ2n) is 5.01. The van der Waals surface area contributed by atoms with Gasteiger partial charge < -0.3 is 10.1 Å². The minimum Gasteiger partial charge on any atom is -0.385 e. The van der Waals surface area contributed by atoms with Crippen LogP contribution in [0.3, 0.4) is 0 Å². The summed E-state index contributed by atoms with van der Waals surface area (Å²) in [5.41, 5.74) is 2.67. The Hall–Kier alpha value is -0.850. The smallest absolute Gasteiger partial charge is 0.206 e. The Balaban J connectivity index is 1.78. The molecule has 2 atom stereocenters. The summed E-state index contributed by atoms with van der Waals surface area (Å²) >= 11 is 0. The molecule has 18 heavy (non-hydrogen) atoms. The third kappa shape index (κ3) is 3.34. The van der Waals surface area contributed by atoms with Crippen molar-refractivity contribution in [2.24, 2.45) is 10.8 Å². The van der Waals surface area contributed by atoms with Gasteiger partial charge in [-0.25, -0.2) is 5.84 Å². The zero-order valence-corrected chi connectivity index (χ0v) is 11.2. The maximum Gasteiger partial charge on any atom is 0.206 e. The predicted molar refractivity (Wildman–Crippen MR) is 72.3 cm³/mol. The zero-order valence-electron chi connectivity index (χ0n) is 11.2. The van der Waals surface area contributed by atoms with Crippen molar-refractivity contribution in [1.29, 1.82) is 0 Å². The maximum absolute atomic E-state index is 5.51. The number of rotatable bonds is 5. The van der Waals surface area contributed by atoms with Gasteiger partial charge in [-0.1, -0.05) is 0 Å². The predicted octanol–water partition coefficient (Wildman–Crippen LogP) is -0.331. The van der Waals surface area contributed by atoms with Gasteiger partial charge in [0.05, 0.1) is 0 Å². The first-order valence-electron chi connectivity index (χ1n) is 6.85. The van der Waals surface area contributed by atoms with Crippen LogP contribution in [0.1, 0.15) is 25.7 Å². The SMILES string of the molecule is COCCCN=C(NN)NC1CCN2CCCC12. The molecule has 4 N–H and O–H groups in total. The van der Waals surface area contributed by atoms with Crippen molar-refractivity contribution in [1.82, 2.24) is 15.6 Å². The van der Waals surface area contributed by atoms with Crippen LogP contribution in [0.4, 0.5) is 0 Å². The molecule has 2 unspecified atom stereocenters. The lowest BCUT2D eigenvalue weighted by Crippen LogP contribution is -2.50. The number of guanidine groups is 1. The molecule has 6 nitrogen and oxygen atoms in total. The molecule has 0 spiro atoms. The highest BCUT2D eigenvalue weighted by Gasteiger charge is 2.37. The van der Waals surface area contributed by atoms with Gasteiger partial charge >= 0.3 is 0 Å². The fourth-order valence-electron chi connectivity index (χ4n) is 2.96. The van der Waals surface area contributed by atoms with E-state index < -0.39 is 0 Å². The van der Waals surface area contributed by atoms with Gasteiger partial charge in [-0.3, -0.25) is 15.3 Å². The van der Waals surface area contributed by atoms with E-state index in [1.54, 1.807) is 7.11 Å². The fraction of sp³-hybridized carbons (Fsp3) is 0.917. The summed E-state index contributed by atoms with van der Waals surface area (Å²) in [5, 5.41) is 3.45. The molecule has 0 aromatic rings. The highest BCUT2D eigenvalue weighted by Crippen LogP contribution is 2.27. The summed E-state index contributed by atoms with van der Waals surface area (Å²) in [4.78, 5) is 6.99. The van der Waals surface area contributed by atoms with Gasteiger partial charge in [-0.05, 0) is 32.2 Å². The molecule has 2 heterocycles. The van der Waals surface area contributed by atoms with Crippen molar-refractivity contribution < 1.29 is 4.74 Å². The van der Waals surface area contributed by atoms with Crippen molar-refractivity contribution in [2.75, 3.05) is 33.4 Å². The standard InChI is InChI=1S/C12H25N5O/c1-18-9-3-6-14-12(16-13)15-10-5-8-17-7-2-4-11(10)17/h10-11H,2-9,13H2,1H3,(H2,14,15,16). The molecule has 104 valence electrons. The molecular formula is C12H25N5O. The van der Waals surface area contributed by atoms with Crippen LogP contribution in [0, 0.1) is 0 Å². The van der Waals surface area contributed by atoms with Gasteiger partial charge in [-0.15, -0.1) is 0 Å². The van der Waals surface area contributed by atoms with Crippen molar-refractivity contribution in [3.63, 3.8) is 0 Å². The molecule has 6 heteroatoms. The third-order valence-corrected chi connectivity index (χ3v) is 3.84. The number of hydrogen-bond acceptors (Lipinski definition) is 4. The molecule has 2 rings (SSSR count). The highest BCUT2D eigenvalue weighted by atomic mass is 16.5. The maximum atomic E-state index is 5.51. The number of hydrazine groups is 1. The van der Waals surface area contributed by atoms with E-state index in [1.807, 2.05) is 0 Å². The Bertz CT molecular complexity index is 284. The number of nitrogens with two attached hydrogens (primary N) is 1. The summed E-state index contributed by atoms with van der Waals surface area (Å²) < 4.78 is 5.00. The van der Waals surface area contributed by atoms with Gasteiger partial charge in [0, 0.05) is 38.9 Å². The van der Waals surface area contributed by atoms with Crippen LogP contribution in [0.25, 0.3) is 0 Å². The molecule has 0 bridgehead atoms. The Labute approximate surface area is 109 Å². The summed E-state index contributed by atoms with van der Waals surface area (Å²) in [7, 11) is 1.71. The molecular weight excluding hydrogens is 230 g/mol. The first-order valence-corrected chi connectivity index (χ1v) is 6.85. The van der Waals surface area contributed by atoms with Crippen LogP contribution in [0.5, 0.6) is 0 Å². The minimum absolute atomic E-state index is 0.490. The van der Waals surface area contributed by atoms with Crippen LogP contribution < -0.4 is 16.6 Å². The summed E-state index contributed by atoms with van der Waals surface area (Å²) in [6, 6.07) is 1.16. The van der Waals surface area contributed by atoms with E-state index in [9.17, 15) is 0 Å². The van der Waals surface area contributed by atoms with E-state index in [1.165, 1.54) is 32.4 Å². The molecule has 2 fully saturated rings. The lowest BCUT2D eigenvalue weighted by atomic mass is 10.1. The summed E-state index contributed by atoms with van der Waals surface area (Å²) in [6.45, 7) is 3.92. The zero-order chi connectivity index (χ0) is 12.8. The molecule has 0 aliphatic carbocycles. The second kappa shape index (κ2) is 6.92. The van der Waals surface area contributed by atoms with Crippen molar-refractivity contribution in [2.45, 2.75) is 37.8 Å². The Morgan fingerprint density at radius 2 is 2.33 bits per heavy atom. The van der Waals surface area contributed by atoms with E-state index in [-0.39, 0.29) is 0 Å². The average Bonchev–Trinajstić information content (AvgIpc) is 2.97. The average molecular weight is 255 g/mol. The molecule has 0 radical (unpaired) electrons. The minimum atomic E-state index is 0.490. The van der Waals surface area contributed by atoms with E-state index >= 15 is 0 Å². The fourth-order valence-corrected chi connectivity index (χ4v) is 2.96. The van der Waals surface area contributed by atoms with E-state index in [0.29, 0.717) is 18.0 Å². The quantitative estimate of drug-likeness (QED) is 0.206. The molecule has 2 aliphatic heterocycles. The molecule has 0 aromatic heterocycles. The Morgan fingerprint density at radius 1 is 1.44 bits per heavy atom. The van der Waals surface area contributed by atoms with Gasteiger partial charge in [0.2, 0.25) is 5.96 Å². The van der Waals surface area contributed by atoms with E-state index in [4.69, 9.17) is 10.6 Å². The first kappa shape index (κ1) is 13.6. The number of nitrogens with zero attached hydrogens (tertiary/aromatic N) is 2. The van der Waals surface area contributed by atoms with Crippen LogP contribution in [-0.2, 0) is 4.74 Å². The van der Waals surface area contributed by atoms with Gasteiger partial charge in [0.1, 0.15) is 0 Å². The lowest BCUT2D eigenvalue weighted by molar-refractivity contribution is 0.197. The van der Waals surface area contributed by atoms with E-state index in [0.717, 1.165) is 19.6 Å². The lowest BCUT2D eigenvalue weighted by Gasteiger charge is -2.22. The largest absolute Gasteiger partial charge is 0.385 e. The number of hydrogen-bond donors (Lipinski definition) is 3. The number of nitrogens with one attached hydrogen (secondary N) is 2. The van der Waals surface area contributed by atoms with Crippen LogP contribution in [0.2, 0.25) is 0 Å². The molecule has 2 aliphatic rings. The highest BCUT2D eigenvalue weighted by molar-refractivity contribution is 5.79. The Kier molecular flexibility index (Phi) is 5.22. The monoisotopic (exact) mass is 255 g/mol. The van der Waals surface area contributed by atoms with Gasteiger partial charge in [-0.2, -0.15) is 0 Å². The Morgan fingerprint density at radius 3 is 3.11 bits per heavy atom. The van der Waals surface area contributed by atoms with Crippen molar-refractivity contribution in [3.05, 3.63) is 0 Å². The van der Waals surface area contributed by atoms with Gasteiger partial charge in [0.25, 0.3) is 0 Å². The number of ether oxygens (including phenoxy) is 1. The molecule has 0 amide bonds. The number of fused-ring (bicyclic) bond motifs is 1. The summed E-state index contributed by atoms with van der Waals surface area (Å²) in [5.74, 6) is 6.23. The van der Waals surface area contributed by atoms with Crippen molar-refractivity contribution >= 4 is 5.96 Å². The number of methoxy groups -OCH3 is 1. The van der Waals surface area contributed by atoms with Crippen molar-refractivity contribution in [3.8, 4) is 0 Å². The molecule has 0 aromatic carbocycles. The second-order valence-corrected chi connectivity index (χ2v) is 5.01. The van der Waals surface area contributed by atoms with Crippen LogP contribution in [0.15, 0.2) is 4.99 Å². The van der Waals surface area contributed by atoms with Gasteiger partial charge in [0.15, 0.2) is 0 Å². The normalized spacial score (nSPS) is 28.4.